The van der Waals surface area contributed by atoms with E-state index < -0.39 is 0 Å². The van der Waals surface area contributed by atoms with Gasteiger partial charge >= 0.3 is 0 Å². The van der Waals surface area contributed by atoms with Gasteiger partial charge in [-0.3, -0.25) is 0 Å². The van der Waals surface area contributed by atoms with Crippen LogP contribution in [-0.2, 0) is 12.8 Å². The maximum Gasteiger partial charge on any atom is 0.209 e. The summed E-state index contributed by atoms with van der Waals surface area (Å²) in [5.41, 5.74) is 4.92. The van der Waals surface area contributed by atoms with Gasteiger partial charge in [-0.2, -0.15) is 0 Å². The molecule has 3 aromatic carbocycles. The Balaban J connectivity index is 1.54. The third-order valence-corrected chi connectivity index (χ3v) is 5.74. The van der Waals surface area contributed by atoms with Crippen molar-refractivity contribution in [1.29, 1.82) is 0 Å². The minimum atomic E-state index is 0.842. The van der Waals surface area contributed by atoms with Crippen LogP contribution in [0.1, 0.15) is 16.0 Å². The zero-order chi connectivity index (χ0) is 16.6. The molecule has 5 rings (SSSR count). The molecule has 0 unspecified atom stereocenters. The molecule has 1 aliphatic rings. The molecule has 0 radical (unpaired) electrons. The first kappa shape index (κ1) is 14.6. The smallest absolute Gasteiger partial charge is 0.209 e. The molecule has 0 atom stereocenters. The molecular weight excluding hydrogens is 324 g/mol. The average Bonchev–Trinajstić information content (AvgIpc) is 3.10. The lowest BCUT2D eigenvalue weighted by molar-refractivity contribution is 0.955. The normalized spacial score (nSPS) is 13.1. The lowest BCUT2D eigenvalue weighted by atomic mass is 9.94. The molecule has 0 spiro atoms. The van der Waals surface area contributed by atoms with Gasteiger partial charge in [0.25, 0.3) is 0 Å². The van der Waals surface area contributed by atoms with Crippen LogP contribution in [0, 0.1) is 0 Å². The molecule has 1 aliphatic carbocycles. The van der Waals surface area contributed by atoms with Crippen molar-refractivity contribution in [3.8, 4) is 11.3 Å². The summed E-state index contributed by atoms with van der Waals surface area (Å²) in [5.74, 6) is 0. The third-order valence-electron chi connectivity index (χ3n) is 4.72. The number of thiazole rings is 1. The summed E-state index contributed by atoms with van der Waals surface area (Å²) in [5, 5.41) is 3.30. The molecule has 1 heterocycles. The highest BCUT2D eigenvalue weighted by Crippen LogP contribution is 2.38. The number of hydrogen-bond donors (Lipinski definition) is 0. The molecule has 0 saturated carbocycles. The third kappa shape index (κ3) is 2.57. The van der Waals surface area contributed by atoms with Crippen molar-refractivity contribution in [3.63, 3.8) is 0 Å². The van der Waals surface area contributed by atoms with Crippen LogP contribution in [0.2, 0.25) is 0 Å². The van der Waals surface area contributed by atoms with E-state index in [1.54, 1.807) is 11.3 Å². The molecule has 2 nitrogen and oxygen atoms in total. The first-order valence-corrected chi connectivity index (χ1v) is 9.30. The molecule has 0 bridgehead atoms. The number of aromatic nitrogens is 1. The van der Waals surface area contributed by atoms with Gasteiger partial charge in [-0.15, -0.1) is 0 Å². The topological polar surface area (TPSA) is 25.2 Å². The monoisotopic (exact) mass is 340 g/mol. The van der Waals surface area contributed by atoms with E-state index in [1.807, 2.05) is 6.21 Å². The molecule has 0 N–H and O–H groups in total. The molecule has 0 saturated heterocycles. The van der Waals surface area contributed by atoms with Gasteiger partial charge in [0.05, 0.1) is 5.69 Å². The number of rotatable bonds is 2. The fourth-order valence-electron chi connectivity index (χ4n) is 3.48. The van der Waals surface area contributed by atoms with Crippen LogP contribution < -0.4 is 0 Å². The van der Waals surface area contributed by atoms with Gasteiger partial charge in [0, 0.05) is 22.2 Å². The van der Waals surface area contributed by atoms with Crippen LogP contribution in [0.5, 0.6) is 0 Å². The van der Waals surface area contributed by atoms with Crippen molar-refractivity contribution < 1.29 is 0 Å². The lowest BCUT2D eigenvalue weighted by Crippen LogP contribution is -2.01. The quantitative estimate of drug-likeness (QED) is 0.423. The molecule has 120 valence electrons. The van der Waals surface area contributed by atoms with Crippen molar-refractivity contribution in [2.45, 2.75) is 12.8 Å². The van der Waals surface area contributed by atoms with E-state index in [0.717, 1.165) is 29.2 Å². The van der Waals surface area contributed by atoms with Crippen LogP contribution in [0.3, 0.4) is 0 Å². The largest absolute Gasteiger partial charge is 0.227 e. The number of hydrogen-bond acceptors (Lipinski definition) is 3. The second-order valence-corrected chi connectivity index (χ2v) is 7.31. The molecular formula is C22H16N2S. The van der Waals surface area contributed by atoms with E-state index in [4.69, 9.17) is 4.98 Å². The summed E-state index contributed by atoms with van der Waals surface area (Å²) >= 11 is 1.71. The molecule has 0 fully saturated rings. The zero-order valence-electron chi connectivity index (χ0n) is 13.6. The Morgan fingerprint density at radius 3 is 2.72 bits per heavy atom. The fourth-order valence-corrected chi connectivity index (χ4v) is 4.40. The Hall–Kier alpha value is -2.78. The summed E-state index contributed by atoms with van der Waals surface area (Å²) in [6.07, 6.45) is 4.10. The van der Waals surface area contributed by atoms with E-state index in [-0.39, 0.29) is 0 Å². The highest BCUT2D eigenvalue weighted by Gasteiger charge is 2.20. The van der Waals surface area contributed by atoms with E-state index in [1.165, 1.54) is 26.8 Å². The van der Waals surface area contributed by atoms with E-state index in [9.17, 15) is 0 Å². The van der Waals surface area contributed by atoms with Crippen molar-refractivity contribution >= 4 is 33.5 Å². The number of aryl methyl sites for hydroxylation is 2. The number of aliphatic imine (C=N–C) groups is 1. The average molecular weight is 340 g/mol. The van der Waals surface area contributed by atoms with Crippen molar-refractivity contribution in [2.24, 2.45) is 4.99 Å². The van der Waals surface area contributed by atoms with Gasteiger partial charge in [-0.25, -0.2) is 9.98 Å². The Bertz CT molecular complexity index is 1100. The highest BCUT2D eigenvalue weighted by molar-refractivity contribution is 7.15. The Morgan fingerprint density at radius 2 is 1.72 bits per heavy atom. The minimum Gasteiger partial charge on any atom is -0.227 e. The predicted octanol–water partition coefficient (Wildman–Crippen LogP) is 5.81. The second-order valence-electron chi connectivity index (χ2n) is 6.25. The summed E-state index contributed by atoms with van der Waals surface area (Å²) in [6.45, 7) is 0. The zero-order valence-corrected chi connectivity index (χ0v) is 14.5. The van der Waals surface area contributed by atoms with E-state index in [2.05, 4.69) is 71.7 Å². The number of benzene rings is 3. The van der Waals surface area contributed by atoms with Crippen LogP contribution in [0.4, 0.5) is 5.13 Å². The summed E-state index contributed by atoms with van der Waals surface area (Å²) in [6, 6.07) is 23.3. The second kappa shape index (κ2) is 5.94. The van der Waals surface area contributed by atoms with Crippen LogP contribution in [-0.4, -0.2) is 11.2 Å². The first-order chi connectivity index (χ1) is 12.4. The van der Waals surface area contributed by atoms with Gasteiger partial charge in [0.1, 0.15) is 0 Å². The van der Waals surface area contributed by atoms with Gasteiger partial charge < -0.3 is 0 Å². The van der Waals surface area contributed by atoms with Crippen LogP contribution in [0.25, 0.3) is 22.0 Å². The van der Waals surface area contributed by atoms with Gasteiger partial charge in [-0.05, 0) is 29.2 Å². The Kier molecular flexibility index (Phi) is 3.46. The molecule has 1 aromatic heterocycles. The van der Waals surface area contributed by atoms with Crippen molar-refractivity contribution in [2.75, 3.05) is 0 Å². The van der Waals surface area contributed by atoms with E-state index in [0.29, 0.717) is 0 Å². The molecule has 25 heavy (non-hydrogen) atoms. The highest BCUT2D eigenvalue weighted by atomic mass is 32.1. The number of nitrogens with zero attached hydrogens (tertiary/aromatic N) is 2. The van der Waals surface area contributed by atoms with Crippen LogP contribution >= 0.6 is 11.3 Å². The van der Waals surface area contributed by atoms with E-state index >= 15 is 0 Å². The Morgan fingerprint density at radius 1 is 0.880 bits per heavy atom. The molecule has 4 aromatic rings. The molecule has 3 heteroatoms. The van der Waals surface area contributed by atoms with Gasteiger partial charge in [0.15, 0.2) is 0 Å². The summed E-state index contributed by atoms with van der Waals surface area (Å²) < 4.78 is 0. The summed E-state index contributed by atoms with van der Waals surface area (Å²) in [4.78, 5) is 10.8. The van der Waals surface area contributed by atoms with Crippen molar-refractivity contribution in [3.05, 3.63) is 82.7 Å². The lowest BCUT2D eigenvalue weighted by Gasteiger charge is -2.13. The fraction of sp³-hybridized carbons (Fsp3) is 0.0909. The standard InChI is InChI=1S/C22H16N2S/c1-3-10-18-15(6-1)8-5-9-17(18)14-23-22-24-21-19-11-4-2-7-16(19)12-13-20(21)25-22/h1-11,14H,12-13H2/b23-14+. The van der Waals surface area contributed by atoms with Crippen molar-refractivity contribution in [1.82, 2.24) is 4.98 Å². The minimum absolute atomic E-state index is 0.842. The molecule has 0 aliphatic heterocycles. The predicted molar refractivity (Wildman–Crippen MR) is 106 cm³/mol. The first-order valence-electron chi connectivity index (χ1n) is 8.48. The SMILES string of the molecule is C(=N\c1nc2c(s1)CCc1ccccc1-2)/c1cccc2ccccc12. The van der Waals surface area contributed by atoms with Gasteiger partial charge in [0.2, 0.25) is 5.13 Å². The maximum atomic E-state index is 4.81. The maximum absolute atomic E-state index is 4.81. The molecule has 0 amide bonds. The Labute approximate surface area is 150 Å². The van der Waals surface area contributed by atoms with Crippen LogP contribution in [0.15, 0.2) is 71.7 Å². The number of fused-ring (bicyclic) bond motifs is 4. The van der Waals surface area contributed by atoms with Gasteiger partial charge in [-0.1, -0.05) is 78.1 Å². The summed E-state index contributed by atoms with van der Waals surface area (Å²) in [7, 11) is 0.